The molecule has 0 unspecified atom stereocenters. The van der Waals surface area contributed by atoms with Gasteiger partial charge >= 0.3 is 6.18 Å². The zero-order chi connectivity index (χ0) is 17.0. The van der Waals surface area contributed by atoms with Gasteiger partial charge in [0.1, 0.15) is 5.75 Å². The lowest BCUT2D eigenvalue weighted by molar-refractivity contribution is -0.137. The van der Waals surface area contributed by atoms with Gasteiger partial charge in [0.25, 0.3) is 0 Å². The van der Waals surface area contributed by atoms with E-state index in [4.69, 9.17) is 4.74 Å². The molecule has 2 rings (SSSR count). The Kier molecular flexibility index (Phi) is 5.80. The van der Waals surface area contributed by atoms with Crippen molar-refractivity contribution in [1.29, 1.82) is 0 Å². The number of alkyl halides is 5. The lowest BCUT2D eigenvalue weighted by Gasteiger charge is -2.35. The summed E-state index contributed by atoms with van der Waals surface area (Å²) in [6.07, 6.45) is -7.50. The maximum Gasteiger partial charge on any atom is 0.416 e. The number of piperazine rings is 1. The Balaban J connectivity index is 2.36. The summed E-state index contributed by atoms with van der Waals surface area (Å²) in [5.41, 5.74) is -0.489. The molecule has 23 heavy (non-hydrogen) atoms. The van der Waals surface area contributed by atoms with Gasteiger partial charge in [-0.2, -0.15) is 13.2 Å². The van der Waals surface area contributed by atoms with Crippen LogP contribution in [-0.4, -0.2) is 44.6 Å². The van der Waals surface area contributed by atoms with Gasteiger partial charge in [0, 0.05) is 44.2 Å². The van der Waals surface area contributed by atoms with Crippen LogP contribution in [-0.2, 0) is 6.18 Å². The van der Waals surface area contributed by atoms with Crippen molar-refractivity contribution in [2.24, 2.45) is 0 Å². The third-order valence-electron chi connectivity index (χ3n) is 3.91. The Morgan fingerprint density at radius 3 is 2.39 bits per heavy atom. The highest BCUT2D eigenvalue weighted by atomic mass is 19.4. The Bertz CT molecular complexity index is 515. The molecule has 1 aliphatic heterocycles. The van der Waals surface area contributed by atoms with E-state index in [-0.39, 0.29) is 5.75 Å². The average molecular weight is 338 g/mol. The van der Waals surface area contributed by atoms with Gasteiger partial charge in [0.05, 0.1) is 12.7 Å². The quantitative estimate of drug-likeness (QED) is 0.834. The molecule has 8 heteroatoms. The van der Waals surface area contributed by atoms with E-state index in [0.29, 0.717) is 31.7 Å². The van der Waals surface area contributed by atoms with Crippen LogP contribution in [0.5, 0.6) is 5.75 Å². The largest absolute Gasteiger partial charge is 0.496 e. The molecule has 0 amide bonds. The Morgan fingerprint density at radius 1 is 1.22 bits per heavy atom. The van der Waals surface area contributed by atoms with E-state index in [1.807, 2.05) is 4.90 Å². The lowest BCUT2D eigenvalue weighted by atomic mass is 9.98. The van der Waals surface area contributed by atoms with Crippen LogP contribution in [0.3, 0.4) is 0 Å². The van der Waals surface area contributed by atoms with Crippen LogP contribution in [0.4, 0.5) is 22.0 Å². The summed E-state index contributed by atoms with van der Waals surface area (Å²) in [5, 5.41) is 3.12. The predicted octanol–water partition coefficient (Wildman–Crippen LogP) is 3.32. The fraction of sp³-hybridized carbons (Fsp3) is 0.600. The number of nitrogens with zero attached hydrogens (tertiary/aromatic N) is 1. The van der Waals surface area contributed by atoms with Gasteiger partial charge in [0.15, 0.2) is 0 Å². The molecule has 0 aliphatic carbocycles. The van der Waals surface area contributed by atoms with Gasteiger partial charge in [-0.1, -0.05) is 6.07 Å². The van der Waals surface area contributed by atoms with Crippen LogP contribution >= 0.6 is 0 Å². The van der Waals surface area contributed by atoms with E-state index >= 15 is 0 Å². The molecule has 130 valence electrons. The predicted molar refractivity (Wildman–Crippen MR) is 75.8 cm³/mol. The minimum atomic E-state index is -4.50. The van der Waals surface area contributed by atoms with Gasteiger partial charge in [0.2, 0.25) is 6.43 Å². The van der Waals surface area contributed by atoms with Crippen LogP contribution in [0.25, 0.3) is 0 Å². The van der Waals surface area contributed by atoms with Gasteiger partial charge in [-0.3, -0.25) is 4.90 Å². The number of methoxy groups -OCH3 is 1. The number of rotatable bonds is 5. The molecule has 1 atom stereocenters. The summed E-state index contributed by atoms with van der Waals surface area (Å²) >= 11 is 0. The molecule has 1 heterocycles. The van der Waals surface area contributed by atoms with Crippen molar-refractivity contribution in [3.05, 3.63) is 29.3 Å². The third-order valence-corrected chi connectivity index (χ3v) is 3.91. The summed E-state index contributed by atoms with van der Waals surface area (Å²) in [6.45, 7) is 2.43. The molecule has 0 radical (unpaired) electrons. The molecule has 1 aromatic carbocycles. The molecule has 1 aliphatic rings. The highest BCUT2D eigenvalue weighted by Crippen LogP contribution is 2.38. The molecule has 1 saturated heterocycles. The number of halogens is 5. The van der Waals surface area contributed by atoms with E-state index in [2.05, 4.69) is 5.32 Å². The topological polar surface area (TPSA) is 24.5 Å². The Hall–Kier alpha value is -1.41. The van der Waals surface area contributed by atoms with Crippen LogP contribution in [0.2, 0.25) is 0 Å². The number of hydrogen-bond donors (Lipinski definition) is 1. The molecule has 3 nitrogen and oxygen atoms in total. The van der Waals surface area contributed by atoms with E-state index in [1.165, 1.54) is 13.2 Å². The standard InChI is InChI=1S/C15H19F5N2O/c1-23-13-8-10(15(18,19)20)2-3-11(13)12(9-14(16)17)22-6-4-21-5-7-22/h2-3,8,12,14,21H,4-7,9H2,1H3/t12-/m1/s1. The monoisotopic (exact) mass is 338 g/mol. The van der Waals surface area contributed by atoms with Crippen molar-refractivity contribution < 1.29 is 26.7 Å². The summed E-state index contributed by atoms with van der Waals surface area (Å²) in [5.74, 6) is -0.0102. The van der Waals surface area contributed by atoms with E-state index in [9.17, 15) is 22.0 Å². The van der Waals surface area contributed by atoms with Crippen LogP contribution < -0.4 is 10.1 Å². The second-order valence-electron chi connectivity index (χ2n) is 5.38. The van der Waals surface area contributed by atoms with Gasteiger partial charge < -0.3 is 10.1 Å². The highest BCUT2D eigenvalue weighted by Gasteiger charge is 2.33. The third kappa shape index (κ3) is 4.54. The van der Waals surface area contributed by atoms with Crippen molar-refractivity contribution in [3.63, 3.8) is 0 Å². The Labute approximate surface area is 131 Å². The first-order valence-corrected chi connectivity index (χ1v) is 7.31. The summed E-state index contributed by atoms with van der Waals surface area (Å²) in [7, 11) is 1.25. The molecule has 1 N–H and O–H groups in total. The molecule has 0 saturated carbocycles. The van der Waals surface area contributed by atoms with Gasteiger partial charge in [-0.15, -0.1) is 0 Å². The van der Waals surface area contributed by atoms with Crippen molar-refractivity contribution in [3.8, 4) is 5.75 Å². The van der Waals surface area contributed by atoms with E-state index in [1.54, 1.807) is 0 Å². The van der Waals surface area contributed by atoms with Crippen molar-refractivity contribution >= 4 is 0 Å². The average Bonchev–Trinajstić information content (AvgIpc) is 2.52. The second-order valence-corrected chi connectivity index (χ2v) is 5.38. The molecule has 0 bridgehead atoms. The maximum atomic E-state index is 13.0. The number of hydrogen-bond acceptors (Lipinski definition) is 3. The first-order valence-electron chi connectivity index (χ1n) is 7.31. The zero-order valence-corrected chi connectivity index (χ0v) is 12.7. The zero-order valence-electron chi connectivity index (χ0n) is 12.7. The van der Waals surface area contributed by atoms with Gasteiger partial charge in [-0.05, 0) is 12.1 Å². The molecular weight excluding hydrogens is 319 g/mol. The van der Waals surface area contributed by atoms with E-state index < -0.39 is 30.6 Å². The summed E-state index contributed by atoms with van der Waals surface area (Å²) in [6, 6.07) is 2.36. The Morgan fingerprint density at radius 2 is 1.87 bits per heavy atom. The SMILES string of the molecule is COc1cc(C(F)(F)F)ccc1[C@@H](CC(F)F)N1CCNCC1. The van der Waals surface area contributed by atoms with Crippen molar-refractivity contribution in [2.45, 2.75) is 25.1 Å². The number of ether oxygens (including phenoxy) is 1. The smallest absolute Gasteiger partial charge is 0.416 e. The normalized spacial score (nSPS) is 18.2. The molecule has 0 spiro atoms. The fourth-order valence-corrected chi connectivity index (χ4v) is 2.80. The van der Waals surface area contributed by atoms with Crippen LogP contribution in [0.1, 0.15) is 23.6 Å². The van der Waals surface area contributed by atoms with Gasteiger partial charge in [-0.25, -0.2) is 8.78 Å². The first-order chi connectivity index (χ1) is 10.8. The number of benzene rings is 1. The fourth-order valence-electron chi connectivity index (χ4n) is 2.80. The molecule has 0 aromatic heterocycles. The number of nitrogens with one attached hydrogen (secondary N) is 1. The molecular formula is C15H19F5N2O. The second kappa shape index (κ2) is 7.44. The van der Waals surface area contributed by atoms with Crippen molar-refractivity contribution in [2.75, 3.05) is 33.3 Å². The first kappa shape index (κ1) is 17.9. The van der Waals surface area contributed by atoms with Crippen LogP contribution in [0, 0.1) is 0 Å². The van der Waals surface area contributed by atoms with Crippen LogP contribution in [0.15, 0.2) is 18.2 Å². The summed E-state index contributed by atoms with van der Waals surface area (Å²) in [4.78, 5) is 1.85. The maximum absolute atomic E-state index is 13.0. The lowest BCUT2D eigenvalue weighted by Crippen LogP contribution is -2.45. The molecule has 1 fully saturated rings. The minimum absolute atomic E-state index is 0.0102. The summed E-state index contributed by atoms with van der Waals surface area (Å²) < 4.78 is 69.4. The minimum Gasteiger partial charge on any atom is -0.496 e. The van der Waals surface area contributed by atoms with Crippen molar-refractivity contribution in [1.82, 2.24) is 10.2 Å². The highest BCUT2D eigenvalue weighted by molar-refractivity contribution is 5.41. The van der Waals surface area contributed by atoms with E-state index in [0.717, 1.165) is 12.1 Å². The molecule has 1 aromatic rings.